The highest BCUT2D eigenvalue weighted by Crippen LogP contribution is 2.34. The van der Waals surface area contributed by atoms with Crippen LogP contribution in [-0.2, 0) is 6.54 Å². The van der Waals surface area contributed by atoms with Gasteiger partial charge in [0, 0.05) is 12.1 Å². The average Bonchev–Trinajstić information content (AvgIpc) is 3.45. The van der Waals surface area contributed by atoms with Crippen LogP contribution in [0, 0.1) is 24.4 Å². The molecule has 5 rings (SSSR count). The third kappa shape index (κ3) is 4.44. The van der Waals surface area contributed by atoms with Gasteiger partial charge in [0.15, 0.2) is 23.3 Å². The minimum atomic E-state index is -1.53. The fraction of sp³-hybridized carbons (Fsp3) is 0.240. The molecule has 0 aliphatic carbocycles. The second-order valence-electron chi connectivity index (χ2n) is 8.44. The molecule has 2 atom stereocenters. The molecule has 2 aromatic carbocycles. The summed E-state index contributed by atoms with van der Waals surface area (Å²) in [6.07, 6.45) is 6.54. The van der Waals surface area contributed by atoms with Crippen LogP contribution in [-0.4, -0.2) is 42.6 Å². The Morgan fingerprint density at radius 3 is 2.57 bits per heavy atom. The van der Waals surface area contributed by atoms with Crippen LogP contribution in [0.1, 0.15) is 40.8 Å². The topological polar surface area (TPSA) is 78.0 Å². The summed E-state index contributed by atoms with van der Waals surface area (Å²) in [6.45, 7) is 2.11. The maximum Gasteiger partial charge on any atom is 0.194 e. The van der Waals surface area contributed by atoms with Crippen molar-refractivity contribution in [2.24, 2.45) is 0 Å². The molecule has 0 saturated carbocycles. The van der Waals surface area contributed by atoms with Gasteiger partial charge in [-0.1, -0.05) is 12.1 Å². The number of hydrogen-bond acceptors (Lipinski definition) is 5. The number of rotatable bonds is 5. The Labute approximate surface area is 199 Å². The number of hydrogen-bond donors (Lipinski definition) is 1. The number of aryl methyl sites for hydroxylation is 1. The number of aromatic nitrogens is 5. The summed E-state index contributed by atoms with van der Waals surface area (Å²) in [5.41, 5.74) is 2.77. The van der Waals surface area contributed by atoms with Gasteiger partial charge in [-0.15, -0.1) is 0 Å². The van der Waals surface area contributed by atoms with Crippen molar-refractivity contribution < 1.29 is 23.0 Å². The molecule has 1 aliphatic rings. The summed E-state index contributed by atoms with van der Waals surface area (Å²) >= 11 is 0. The van der Waals surface area contributed by atoms with E-state index in [1.54, 1.807) is 19.5 Å². The average molecular weight is 481 g/mol. The molecule has 2 aromatic heterocycles. The summed E-state index contributed by atoms with van der Waals surface area (Å²) in [4.78, 5) is 8.76. The van der Waals surface area contributed by atoms with Crippen molar-refractivity contribution in [2.45, 2.75) is 31.9 Å². The molecule has 1 N–H and O–H groups in total. The molecular formula is C25H22F3N5O2. The third-order valence-electron chi connectivity index (χ3n) is 5.95. The van der Waals surface area contributed by atoms with Crippen LogP contribution in [0.25, 0.3) is 17.8 Å². The molecule has 0 spiro atoms. The first-order valence-electron chi connectivity index (χ1n) is 11.0. The smallest absolute Gasteiger partial charge is 0.194 e. The van der Waals surface area contributed by atoms with Gasteiger partial charge in [-0.2, -0.15) is 5.10 Å². The van der Waals surface area contributed by atoms with E-state index in [1.807, 2.05) is 42.0 Å². The summed E-state index contributed by atoms with van der Waals surface area (Å²) in [5, 5.41) is 14.7. The molecule has 0 fully saturated rings. The van der Waals surface area contributed by atoms with Crippen LogP contribution < -0.4 is 4.74 Å². The van der Waals surface area contributed by atoms with Gasteiger partial charge >= 0.3 is 0 Å². The van der Waals surface area contributed by atoms with Crippen LogP contribution in [0.4, 0.5) is 13.2 Å². The summed E-state index contributed by atoms with van der Waals surface area (Å²) in [7, 11) is 1.59. The molecule has 0 saturated heterocycles. The van der Waals surface area contributed by atoms with Gasteiger partial charge in [0.2, 0.25) is 0 Å². The highest BCUT2D eigenvalue weighted by Gasteiger charge is 2.31. The van der Waals surface area contributed by atoms with Crippen LogP contribution in [0.5, 0.6) is 5.75 Å². The van der Waals surface area contributed by atoms with Crippen LogP contribution >= 0.6 is 0 Å². The van der Waals surface area contributed by atoms with E-state index in [1.165, 1.54) is 4.68 Å². The zero-order valence-corrected chi connectivity index (χ0v) is 19.0. The predicted octanol–water partition coefficient (Wildman–Crippen LogP) is 4.27. The lowest BCUT2D eigenvalue weighted by Gasteiger charge is -2.26. The van der Waals surface area contributed by atoms with Crippen molar-refractivity contribution in [1.29, 1.82) is 0 Å². The van der Waals surface area contributed by atoms with Crippen molar-refractivity contribution in [3.63, 3.8) is 0 Å². The number of ether oxygens (including phenoxy) is 1. The Morgan fingerprint density at radius 2 is 1.89 bits per heavy atom. The molecule has 0 radical (unpaired) electrons. The van der Waals surface area contributed by atoms with Crippen LogP contribution in [0.2, 0.25) is 0 Å². The molecule has 1 aliphatic heterocycles. The Morgan fingerprint density at radius 1 is 1.11 bits per heavy atom. The van der Waals surface area contributed by atoms with E-state index in [2.05, 4.69) is 15.1 Å². The Bertz CT molecular complexity index is 1410. The highest BCUT2D eigenvalue weighted by molar-refractivity contribution is 5.69. The van der Waals surface area contributed by atoms with Crippen molar-refractivity contribution in [1.82, 2.24) is 24.3 Å². The fourth-order valence-corrected chi connectivity index (χ4v) is 4.28. The largest absolute Gasteiger partial charge is 0.495 e. The van der Waals surface area contributed by atoms with E-state index in [0.717, 1.165) is 29.1 Å². The number of benzene rings is 2. The first-order chi connectivity index (χ1) is 16.8. The molecular weight excluding hydrogens is 459 g/mol. The molecule has 4 aromatic rings. The van der Waals surface area contributed by atoms with Gasteiger partial charge in [-0.25, -0.2) is 27.8 Å². The van der Waals surface area contributed by atoms with Crippen LogP contribution in [0.15, 0.2) is 42.9 Å². The number of methoxy groups -OCH3 is 1. The molecule has 180 valence electrons. The Kier molecular flexibility index (Phi) is 5.89. The Balaban J connectivity index is 1.44. The second kappa shape index (κ2) is 9.03. The molecule has 3 heterocycles. The summed E-state index contributed by atoms with van der Waals surface area (Å²) in [6, 6.07) is 7.57. The molecule has 0 unspecified atom stereocenters. The van der Waals surface area contributed by atoms with E-state index < -0.39 is 29.5 Å². The highest BCUT2D eigenvalue weighted by atomic mass is 19.2. The number of imidazole rings is 1. The molecule has 0 amide bonds. The maximum atomic E-state index is 13.8. The fourth-order valence-electron chi connectivity index (χ4n) is 4.28. The number of aliphatic hydroxyl groups excluding tert-OH is 1. The lowest BCUT2D eigenvalue weighted by atomic mass is 9.89. The Hall–Kier alpha value is -3.92. The zero-order chi connectivity index (χ0) is 24.7. The van der Waals surface area contributed by atoms with Gasteiger partial charge in [-0.05, 0) is 54.8 Å². The SMILES string of the molecule is COc1cc(/C=C/c2nc3n(n2)C[C@@H](O)C[C@@H]3c2cc(F)c(F)c(F)c2)ccc1-n1cnc(C)c1. The van der Waals surface area contributed by atoms with Gasteiger partial charge in [-0.3, -0.25) is 0 Å². The lowest BCUT2D eigenvalue weighted by Crippen LogP contribution is -2.29. The van der Waals surface area contributed by atoms with E-state index in [0.29, 0.717) is 17.4 Å². The van der Waals surface area contributed by atoms with Crippen molar-refractivity contribution >= 4 is 12.2 Å². The van der Waals surface area contributed by atoms with E-state index in [9.17, 15) is 18.3 Å². The van der Waals surface area contributed by atoms with Gasteiger partial charge in [0.1, 0.15) is 11.6 Å². The van der Waals surface area contributed by atoms with Gasteiger partial charge in [0.05, 0.1) is 37.5 Å². The van der Waals surface area contributed by atoms with Crippen LogP contribution in [0.3, 0.4) is 0 Å². The maximum absolute atomic E-state index is 13.8. The summed E-state index contributed by atoms with van der Waals surface area (Å²) < 4.78 is 50.0. The van der Waals surface area contributed by atoms with Gasteiger partial charge < -0.3 is 14.4 Å². The van der Waals surface area contributed by atoms with E-state index in [4.69, 9.17) is 4.74 Å². The van der Waals surface area contributed by atoms with E-state index in [-0.39, 0.29) is 18.5 Å². The lowest BCUT2D eigenvalue weighted by molar-refractivity contribution is 0.117. The number of halogens is 3. The first-order valence-corrected chi connectivity index (χ1v) is 11.0. The normalized spacial score (nSPS) is 17.7. The number of nitrogens with zero attached hydrogens (tertiary/aromatic N) is 5. The minimum Gasteiger partial charge on any atom is -0.495 e. The molecule has 10 heteroatoms. The van der Waals surface area contributed by atoms with Crippen molar-refractivity contribution in [2.75, 3.05) is 7.11 Å². The standard InChI is InChI=1S/C25H22F3N5O2/c1-14-11-32(13-29-14)21-5-3-15(7-22(21)35-2)4-6-23-30-25-18(10-17(34)12-33(25)31-23)16-8-19(26)24(28)20(27)9-16/h3-9,11,13,17-18,34H,10,12H2,1-2H3/b6-4+/t17-,18+/m0/s1. The monoisotopic (exact) mass is 481 g/mol. The number of fused-ring (bicyclic) bond motifs is 1. The predicted molar refractivity (Wildman–Crippen MR) is 123 cm³/mol. The molecule has 0 bridgehead atoms. The third-order valence-corrected chi connectivity index (χ3v) is 5.95. The van der Waals surface area contributed by atoms with Crippen molar-refractivity contribution in [3.05, 3.63) is 88.8 Å². The minimum absolute atomic E-state index is 0.193. The first kappa shape index (κ1) is 22.9. The van der Waals surface area contributed by atoms with Crippen molar-refractivity contribution in [3.8, 4) is 11.4 Å². The number of aliphatic hydroxyl groups is 1. The van der Waals surface area contributed by atoms with E-state index >= 15 is 0 Å². The second-order valence-corrected chi connectivity index (χ2v) is 8.44. The quantitative estimate of drug-likeness (QED) is 0.431. The van der Waals surface area contributed by atoms with Gasteiger partial charge in [0.25, 0.3) is 0 Å². The zero-order valence-electron chi connectivity index (χ0n) is 19.0. The molecule has 7 nitrogen and oxygen atoms in total. The summed E-state index contributed by atoms with van der Waals surface area (Å²) in [5.74, 6) is -3.25. The molecule has 35 heavy (non-hydrogen) atoms.